The summed E-state index contributed by atoms with van der Waals surface area (Å²) >= 11 is 5.96. The number of carboxylic acids is 1. The first-order valence-corrected chi connectivity index (χ1v) is 8.37. The van der Waals surface area contributed by atoms with Crippen LogP contribution < -0.4 is 5.32 Å². The molecule has 2 rings (SSSR count). The summed E-state index contributed by atoms with van der Waals surface area (Å²) in [6.45, 7) is 1.51. The van der Waals surface area contributed by atoms with E-state index in [4.69, 9.17) is 16.7 Å². The van der Waals surface area contributed by atoms with Gasteiger partial charge in [-0.25, -0.2) is 13.2 Å². The van der Waals surface area contributed by atoms with Gasteiger partial charge in [0.15, 0.2) is 0 Å². The topological polar surface area (TPSA) is 86.7 Å². The Kier molecular flexibility index (Phi) is 4.88. The molecule has 0 bridgehead atoms. The van der Waals surface area contributed by atoms with Crippen molar-refractivity contribution in [1.82, 2.24) is 9.62 Å². The largest absolute Gasteiger partial charge is 0.478 e. The van der Waals surface area contributed by atoms with E-state index in [-0.39, 0.29) is 21.5 Å². The summed E-state index contributed by atoms with van der Waals surface area (Å²) in [7, 11) is -2.31. The molecule has 116 valence electrons. The zero-order valence-electron chi connectivity index (χ0n) is 11.5. The summed E-state index contributed by atoms with van der Waals surface area (Å²) in [6, 6.07) is 3.58. The Morgan fingerprint density at radius 2 is 2.00 bits per heavy atom. The first-order valence-electron chi connectivity index (χ1n) is 6.55. The quantitative estimate of drug-likeness (QED) is 0.870. The van der Waals surface area contributed by atoms with E-state index in [1.165, 1.54) is 23.5 Å². The molecule has 1 fully saturated rings. The van der Waals surface area contributed by atoms with Crippen LogP contribution in [-0.4, -0.2) is 50.0 Å². The highest BCUT2D eigenvalue weighted by atomic mass is 35.5. The van der Waals surface area contributed by atoms with Crippen molar-refractivity contribution in [2.75, 3.05) is 20.1 Å². The van der Waals surface area contributed by atoms with Gasteiger partial charge in [0.2, 0.25) is 10.0 Å². The molecule has 2 N–H and O–H groups in total. The molecular weight excluding hydrogens is 316 g/mol. The van der Waals surface area contributed by atoms with Crippen molar-refractivity contribution in [1.29, 1.82) is 0 Å². The minimum atomic E-state index is -3.82. The van der Waals surface area contributed by atoms with Crippen LogP contribution in [0.4, 0.5) is 0 Å². The molecule has 0 radical (unpaired) electrons. The van der Waals surface area contributed by atoms with Crippen LogP contribution >= 0.6 is 11.6 Å². The first-order chi connectivity index (χ1) is 9.84. The highest BCUT2D eigenvalue weighted by Crippen LogP contribution is 2.27. The number of aromatic carboxylic acids is 1. The van der Waals surface area contributed by atoms with E-state index in [0.717, 1.165) is 19.2 Å². The standard InChI is InChI=1S/C13H17ClN2O4S/c1-16(10-4-6-15-7-5-10)21(19,20)12-8-9(13(17)18)2-3-11(12)14/h2-3,8,10,15H,4-7H2,1H3,(H,17,18). The third-order valence-corrected chi connectivity index (χ3v) is 6.05. The molecule has 0 atom stereocenters. The van der Waals surface area contributed by atoms with Gasteiger partial charge >= 0.3 is 5.97 Å². The lowest BCUT2D eigenvalue weighted by Crippen LogP contribution is -2.43. The summed E-state index contributed by atoms with van der Waals surface area (Å²) in [4.78, 5) is 10.8. The average molecular weight is 333 g/mol. The Bertz CT molecular complexity index is 642. The van der Waals surface area contributed by atoms with E-state index in [1.54, 1.807) is 0 Å². The number of carboxylic acid groups (broad SMARTS) is 1. The summed E-state index contributed by atoms with van der Waals surface area (Å²) < 4.78 is 26.6. The Labute approximate surface area is 128 Å². The first kappa shape index (κ1) is 16.2. The van der Waals surface area contributed by atoms with Gasteiger partial charge in [-0.05, 0) is 44.1 Å². The summed E-state index contributed by atoms with van der Waals surface area (Å²) in [6.07, 6.45) is 1.43. The monoisotopic (exact) mass is 332 g/mol. The van der Waals surface area contributed by atoms with Crippen LogP contribution in [0, 0.1) is 0 Å². The lowest BCUT2D eigenvalue weighted by Gasteiger charge is -2.31. The maximum absolute atomic E-state index is 12.7. The fourth-order valence-electron chi connectivity index (χ4n) is 2.36. The smallest absolute Gasteiger partial charge is 0.335 e. The number of benzene rings is 1. The molecule has 0 unspecified atom stereocenters. The number of rotatable bonds is 4. The molecule has 8 heteroatoms. The van der Waals surface area contributed by atoms with Crippen LogP contribution in [0.25, 0.3) is 0 Å². The van der Waals surface area contributed by atoms with Gasteiger partial charge in [-0.2, -0.15) is 4.31 Å². The third-order valence-electron chi connectivity index (χ3n) is 3.66. The minimum Gasteiger partial charge on any atom is -0.478 e. The van der Waals surface area contributed by atoms with Crippen LogP contribution in [0.1, 0.15) is 23.2 Å². The molecule has 0 saturated carbocycles. The predicted molar refractivity (Wildman–Crippen MR) is 79.3 cm³/mol. The van der Waals surface area contributed by atoms with Gasteiger partial charge in [-0.15, -0.1) is 0 Å². The van der Waals surface area contributed by atoms with E-state index in [0.29, 0.717) is 12.8 Å². The van der Waals surface area contributed by atoms with Crippen LogP contribution in [0.15, 0.2) is 23.1 Å². The number of piperidine rings is 1. The Morgan fingerprint density at radius 3 is 2.57 bits per heavy atom. The van der Waals surface area contributed by atoms with Gasteiger partial charge in [-0.1, -0.05) is 11.6 Å². The number of hydrogen-bond donors (Lipinski definition) is 2. The molecule has 1 saturated heterocycles. The van der Waals surface area contributed by atoms with Crippen molar-refractivity contribution in [3.8, 4) is 0 Å². The van der Waals surface area contributed by atoms with Gasteiger partial charge < -0.3 is 10.4 Å². The van der Waals surface area contributed by atoms with Crippen LogP contribution in [-0.2, 0) is 10.0 Å². The second kappa shape index (κ2) is 6.31. The lowest BCUT2D eigenvalue weighted by molar-refractivity contribution is 0.0696. The second-order valence-corrected chi connectivity index (χ2v) is 7.33. The molecule has 0 spiro atoms. The summed E-state index contributed by atoms with van der Waals surface area (Å²) in [5, 5.41) is 12.2. The Balaban J connectivity index is 2.38. The van der Waals surface area contributed by atoms with Crippen molar-refractivity contribution in [3.63, 3.8) is 0 Å². The van der Waals surface area contributed by atoms with Crippen molar-refractivity contribution in [3.05, 3.63) is 28.8 Å². The molecule has 1 aliphatic rings. The molecule has 6 nitrogen and oxygen atoms in total. The van der Waals surface area contributed by atoms with Crippen molar-refractivity contribution in [2.45, 2.75) is 23.8 Å². The molecule has 1 heterocycles. The van der Waals surface area contributed by atoms with E-state index in [2.05, 4.69) is 5.32 Å². The van der Waals surface area contributed by atoms with Crippen LogP contribution in [0.5, 0.6) is 0 Å². The molecule has 21 heavy (non-hydrogen) atoms. The number of sulfonamides is 1. The summed E-state index contributed by atoms with van der Waals surface area (Å²) in [5.41, 5.74) is -0.100. The molecule has 1 aromatic carbocycles. The zero-order valence-corrected chi connectivity index (χ0v) is 13.1. The van der Waals surface area contributed by atoms with E-state index in [9.17, 15) is 13.2 Å². The van der Waals surface area contributed by atoms with Crippen molar-refractivity contribution >= 4 is 27.6 Å². The molecular formula is C13H17ClN2O4S. The number of hydrogen-bond acceptors (Lipinski definition) is 4. The van der Waals surface area contributed by atoms with Gasteiger partial charge in [0, 0.05) is 13.1 Å². The predicted octanol–water partition coefficient (Wildman–Crippen LogP) is 1.41. The number of nitrogens with one attached hydrogen (secondary N) is 1. The molecule has 0 amide bonds. The fourth-order valence-corrected chi connectivity index (χ4v) is 4.27. The van der Waals surface area contributed by atoms with Crippen molar-refractivity contribution in [2.24, 2.45) is 0 Å². The SMILES string of the molecule is CN(C1CCNCC1)S(=O)(=O)c1cc(C(=O)O)ccc1Cl. The number of carbonyl (C=O) groups is 1. The van der Waals surface area contributed by atoms with Crippen LogP contribution in [0.2, 0.25) is 5.02 Å². The van der Waals surface area contributed by atoms with Gasteiger partial charge in [0.05, 0.1) is 10.6 Å². The van der Waals surface area contributed by atoms with Gasteiger partial charge in [0.25, 0.3) is 0 Å². The maximum atomic E-state index is 12.7. The lowest BCUT2D eigenvalue weighted by atomic mass is 10.1. The minimum absolute atomic E-state index is 0.0285. The van der Waals surface area contributed by atoms with Gasteiger partial charge in [0.1, 0.15) is 4.90 Å². The normalized spacial score (nSPS) is 17.1. The zero-order chi connectivity index (χ0) is 15.6. The molecule has 0 aliphatic carbocycles. The Hall–Kier alpha value is -1.15. The van der Waals surface area contributed by atoms with E-state index >= 15 is 0 Å². The fraction of sp³-hybridized carbons (Fsp3) is 0.462. The average Bonchev–Trinajstić information content (AvgIpc) is 2.47. The van der Waals surface area contributed by atoms with E-state index in [1.807, 2.05) is 0 Å². The highest BCUT2D eigenvalue weighted by molar-refractivity contribution is 7.89. The van der Waals surface area contributed by atoms with Crippen LogP contribution in [0.3, 0.4) is 0 Å². The number of halogens is 1. The van der Waals surface area contributed by atoms with E-state index < -0.39 is 16.0 Å². The van der Waals surface area contributed by atoms with Crippen molar-refractivity contribution < 1.29 is 18.3 Å². The molecule has 1 aliphatic heterocycles. The third kappa shape index (κ3) is 3.37. The highest BCUT2D eigenvalue weighted by Gasteiger charge is 2.31. The molecule has 0 aromatic heterocycles. The Morgan fingerprint density at radius 1 is 1.38 bits per heavy atom. The summed E-state index contributed by atoms with van der Waals surface area (Å²) in [5.74, 6) is -1.19. The molecule has 1 aromatic rings. The maximum Gasteiger partial charge on any atom is 0.335 e. The van der Waals surface area contributed by atoms with Gasteiger partial charge in [-0.3, -0.25) is 0 Å². The second-order valence-electron chi connectivity index (χ2n) is 4.95. The number of nitrogens with zero attached hydrogens (tertiary/aromatic N) is 1.